The number of aromatic amines is 2. The van der Waals surface area contributed by atoms with E-state index in [9.17, 15) is 14.4 Å². The first-order valence-corrected chi connectivity index (χ1v) is 19.1. The molecule has 0 saturated heterocycles. The molecule has 0 aliphatic rings. The van der Waals surface area contributed by atoms with Gasteiger partial charge in [-0.1, -0.05) is 113 Å². The van der Waals surface area contributed by atoms with Gasteiger partial charge >= 0.3 is 6.09 Å². The number of methoxy groups -OCH3 is 1. The van der Waals surface area contributed by atoms with Gasteiger partial charge in [0.2, 0.25) is 11.8 Å². The number of likely N-dealkylation sites (N-methyl/N-ethyl adjacent to an activating group) is 1. The van der Waals surface area contributed by atoms with Crippen molar-refractivity contribution in [1.29, 1.82) is 0 Å². The molecule has 0 aliphatic heterocycles. The zero-order valence-electron chi connectivity index (χ0n) is 33.0. The summed E-state index contributed by atoms with van der Waals surface area (Å²) in [5.41, 5.74) is 11.6. The number of nitrogens with one attached hydrogen (secondary N) is 2. The number of nitrogens with zero attached hydrogens (tertiary/aromatic N) is 5. The van der Waals surface area contributed by atoms with Crippen molar-refractivity contribution in [3.63, 3.8) is 0 Å². The molecule has 12 nitrogen and oxygen atoms in total. The van der Waals surface area contributed by atoms with E-state index in [-0.39, 0.29) is 17.9 Å². The van der Waals surface area contributed by atoms with Crippen molar-refractivity contribution >= 4 is 17.9 Å². The van der Waals surface area contributed by atoms with E-state index in [1.165, 1.54) is 7.11 Å². The molecule has 3 amide bonds. The largest absolute Gasteiger partial charge is 0.453 e. The number of amides is 3. The monoisotopic (exact) mass is 748 g/mol. The van der Waals surface area contributed by atoms with Gasteiger partial charge in [-0.15, -0.1) is 0 Å². The quantitative estimate of drug-likeness (QED) is 0.0877. The van der Waals surface area contributed by atoms with Gasteiger partial charge in [0.15, 0.2) is 0 Å². The Kier molecular flexibility index (Phi) is 16.2. The van der Waals surface area contributed by atoms with E-state index in [1.807, 2.05) is 59.4 Å². The molecule has 5 aromatic rings. The number of rotatable bonds is 17. The van der Waals surface area contributed by atoms with Crippen LogP contribution in [0.1, 0.15) is 77.1 Å². The normalized spacial score (nSPS) is 11.4. The first-order valence-electron chi connectivity index (χ1n) is 19.1. The Labute approximate surface area is 325 Å². The van der Waals surface area contributed by atoms with Gasteiger partial charge in [0, 0.05) is 19.5 Å². The molecule has 0 spiro atoms. The van der Waals surface area contributed by atoms with Crippen molar-refractivity contribution < 1.29 is 19.1 Å². The van der Waals surface area contributed by atoms with E-state index in [0.29, 0.717) is 26.1 Å². The number of hydrogen-bond donors (Lipinski definition) is 3. The maximum atomic E-state index is 14.1. The van der Waals surface area contributed by atoms with Crippen LogP contribution >= 0.6 is 0 Å². The van der Waals surface area contributed by atoms with E-state index in [2.05, 4.69) is 112 Å². The number of benzene rings is 3. The summed E-state index contributed by atoms with van der Waals surface area (Å²) in [5, 5.41) is 0. The second kappa shape index (κ2) is 21.2. The number of nitrogens with two attached hydrogens (primary N) is 1. The first kappa shape index (κ1) is 42.0. The summed E-state index contributed by atoms with van der Waals surface area (Å²) in [6, 6.07) is 26.6. The molecule has 55 heavy (non-hydrogen) atoms. The SMILES string of the molecule is CCCN(Cc1ncc(-c2ccc(-c3ccc(-c4cnc(CN(CCC)C(=O)C(c5ccccc5)N(CC)CC)[nH]4)cc3)cc2)[nH]1)C(=O)CC.COC(N)=O. The van der Waals surface area contributed by atoms with Crippen LogP contribution in [0.5, 0.6) is 0 Å². The highest BCUT2D eigenvalue weighted by Gasteiger charge is 2.30. The van der Waals surface area contributed by atoms with Gasteiger partial charge in [-0.05, 0) is 53.7 Å². The molecular formula is C43H56N8O4. The van der Waals surface area contributed by atoms with Crippen molar-refractivity contribution in [1.82, 2.24) is 34.6 Å². The van der Waals surface area contributed by atoms with Crippen molar-refractivity contribution in [3.05, 3.63) is 108 Å². The minimum atomic E-state index is -0.745. The first-order chi connectivity index (χ1) is 26.6. The zero-order chi connectivity index (χ0) is 39.7. The van der Waals surface area contributed by atoms with Crippen LogP contribution in [-0.2, 0) is 27.4 Å². The third-order valence-corrected chi connectivity index (χ3v) is 9.35. The fourth-order valence-electron chi connectivity index (χ4n) is 6.45. The molecule has 12 heteroatoms. The highest BCUT2D eigenvalue weighted by Crippen LogP contribution is 2.28. The van der Waals surface area contributed by atoms with E-state index in [4.69, 9.17) is 0 Å². The Bertz CT molecular complexity index is 1920. The van der Waals surface area contributed by atoms with Gasteiger partial charge in [0.05, 0.1) is 44.0 Å². The molecule has 2 heterocycles. The maximum absolute atomic E-state index is 14.1. The number of imidazole rings is 2. The fraction of sp³-hybridized carbons (Fsp3) is 0.372. The highest BCUT2D eigenvalue weighted by molar-refractivity contribution is 5.83. The molecule has 5 rings (SSSR count). The van der Waals surface area contributed by atoms with Crippen LogP contribution in [0.2, 0.25) is 0 Å². The summed E-state index contributed by atoms with van der Waals surface area (Å²) in [4.78, 5) is 57.8. The zero-order valence-corrected chi connectivity index (χ0v) is 33.0. The Balaban J connectivity index is 0.00000126. The third-order valence-electron chi connectivity index (χ3n) is 9.35. The molecule has 1 atom stereocenters. The predicted molar refractivity (Wildman–Crippen MR) is 217 cm³/mol. The smallest absolute Gasteiger partial charge is 0.404 e. The summed E-state index contributed by atoms with van der Waals surface area (Å²) >= 11 is 0. The number of carbonyl (C=O) groups excluding carboxylic acids is 3. The van der Waals surface area contributed by atoms with Gasteiger partial charge in [-0.3, -0.25) is 14.5 Å². The molecule has 2 aromatic heterocycles. The molecular weight excluding hydrogens is 693 g/mol. The van der Waals surface area contributed by atoms with E-state index in [1.54, 1.807) is 0 Å². The predicted octanol–water partition coefficient (Wildman–Crippen LogP) is 7.82. The van der Waals surface area contributed by atoms with Crippen LogP contribution in [0.25, 0.3) is 33.6 Å². The number of H-pyrrole nitrogens is 2. The van der Waals surface area contributed by atoms with E-state index >= 15 is 0 Å². The number of carbonyl (C=O) groups is 3. The van der Waals surface area contributed by atoms with Crippen LogP contribution in [0.3, 0.4) is 0 Å². The molecule has 292 valence electrons. The molecule has 0 saturated carbocycles. The second-order valence-corrected chi connectivity index (χ2v) is 13.1. The van der Waals surface area contributed by atoms with Crippen molar-refractivity contribution in [3.8, 4) is 33.6 Å². The standard InChI is InChI=1S/C41H51N7O2.C2H5NO2/c1-6-24-47(39(49)8-3)28-37-42-26-35(44-37)32-20-16-30(17-21-32)31-18-22-33(23-19-31)36-27-43-38(45-36)29-48(25-7-2)41(50)40(46(9-4)10-5)34-14-12-11-13-15-34;1-5-2(3)4/h11-23,26-27,40H,6-10,24-25,28-29H2,1-5H3,(H,42,44)(H,43,45);1H3,(H2,3,4). The summed E-state index contributed by atoms with van der Waals surface area (Å²) in [6.07, 6.45) is 5.21. The minimum absolute atomic E-state index is 0.102. The second-order valence-electron chi connectivity index (χ2n) is 13.1. The Morgan fingerprint density at radius 3 is 1.53 bits per heavy atom. The van der Waals surface area contributed by atoms with Crippen LogP contribution in [0.4, 0.5) is 4.79 Å². The topological polar surface area (TPSA) is 154 Å². The number of hydrogen-bond acceptors (Lipinski definition) is 7. The van der Waals surface area contributed by atoms with Gasteiger partial charge < -0.3 is 30.2 Å². The summed E-state index contributed by atoms with van der Waals surface area (Å²) in [5.74, 6) is 1.80. The molecule has 4 N–H and O–H groups in total. The average Bonchev–Trinajstić information content (AvgIpc) is 3.90. The highest BCUT2D eigenvalue weighted by atomic mass is 16.5. The lowest BCUT2D eigenvalue weighted by molar-refractivity contribution is -0.138. The minimum Gasteiger partial charge on any atom is -0.453 e. The fourth-order valence-corrected chi connectivity index (χ4v) is 6.45. The number of aromatic nitrogens is 4. The third kappa shape index (κ3) is 11.6. The van der Waals surface area contributed by atoms with Gasteiger partial charge in [-0.25, -0.2) is 14.8 Å². The van der Waals surface area contributed by atoms with E-state index < -0.39 is 6.09 Å². The molecule has 3 aromatic carbocycles. The molecule has 0 fully saturated rings. The lowest BCUT2D eigenvalue weighted by Gasteiger charge is -2.33. The van der Waals surface area contributed by atoms with Gasteiger partial charge in [-0.2, -0.15) is 0 Å². The Morgan fingerprint density at radius 2 is 1.11 bits per heavy atom. The number of primary amides is 1. The van der Waals surface area contributed by atoms with Crippen LogP contribution in [0, 0.1) is 0 Å². The lowest BCUT2D eigenvalue weighted by Crippen LogP contribution is -2.43. The Hall–Kier alpha value is -5.75. The molecule has 0 radical (unpaired) electrons. The molecule has 1 unspecified atom stereocenters. The summed E-state index contributed by atoms with van der Waals surface area (Å²) in [7, 11) is 1.22. The van der Waals surface area contributed by atoms with Gasteiger partial charge in [0.25, 0.3) is 0 Å². The van der Waals surface area contributed by atoms with E-state index in [0.717, 1.165) is 83.3 Å². The maximum Gasteiger partial charge on any atom is 0.404 e. The van der Waals surface area contributed by atoms with Crippen molar-refractivity contribution in [2.75, 3.05) is 33.3 Å². The van der Waals surface area contributed by atoms with Gasteiger partial charge in [0.1, 0.15) is 17.7 Å². The lowest BCUT2D eigenvalue weighted by atomic mass is 10.0. The van der Waals surface area contributed by atoms with Crippen LogP contribution in [-0.4, -0.2) is 85.8 Å². The number of ether oxygens (including phenoxy) is 1. The van der Waals surface area contributed by atoms with Crippen LogP contribution in [0.15, 0.2) is 91.3 Å². The average molecular weight is 749 g/mol. The molecule has 0 aliphatic carbocycles. The van der Waals surface area contributed by atoms with Crippen molar-refractivity contribution in [2.45, 2.75) is 73.0 Å². The van der Waals surface area contributed by atoms with Crippen LogP contribution < -0.4 is 5.73 Å². The summed E-state index contributed by atoms with van der Waals surface area (Å²) < 4.78 is 3.89. The van der Waals surface area contributed by atoms with Crippen molar-refractivity contribution in [2.24, 2.45) is 5.73 Å². The Morgan fingerprint density at radius 1 is 0.673 bits per heavy atom. The molecule has 0 bridgehead atoms. The summed E-state index contributed by atoms with van der Waals surface area (Å²) in [6.45, 7) is 14.2.